The molecule has 1 rings (SSSR count). The Labute approximate surface area is 109 Å². The maximum absolute atomic E-state index is 6.05. The highest BCUT2D eigenvalue weighted by atomic mass is 35.5. The monoisotopic (exact) mass is 256 g/mol. The highest BCUT2D eigenvalue weighted by Crippen LogP contribution is 2.26. The minimum absolute atomic E-state index is 0.265. The van der Waals surface area contributed by atoms with Crippen LogP contribution in [0.3, 0.4) is 0 Å². The largest absolute Gasteiger partial charge is 0.490 e. The summed E-state index contributed by atoms with van der Waals surface area (Å²) in [6.45, 7) is 5.41. The molecule has 0 fully saturated rings. The van der Waals surface area contributed by atoms with E-state index in [1.807, 2.05) is 31.2 Å². The summed E-state index contributed by atoms with van der Waals surface area (Å²) in [4.78, 5) is 0. The normalized spacial score (nSPS) is 12.2. The molecule has 0 aliphatic rings. The zero-order chi connectivity index (χ0) is 12.5. The van der Waals surface area contributed by atoms with Crippen LogP contribution in [0.4, 0.5) is 0 Å². The summed E-state index contributed by atoms with van der Waals surface area (Å²) >= 11 is 6.05. The fourth-order valence-corrected chi connectivity index (χ4v) is 1.69. The highest BCUT2D eigenvalue weighted by molar-refractivity contribution is 6.20. The summed E-state index contributed by atoms with van der Waals surface area (Å²) in [5.74, 6) is 1.63. The van der Waals surface area contributed by atoms with Crippen LogP contribution < -0.4 is 9.47 Å². The Morgan fingerprint density at radius 1 is 1.12 bits per heavy atom. The van der Waals surface area contributed by atoms with Crippen molar-refractivity contribution in [3.63, 3.8) is 0 Å². The van der Waals surface area contributed by atoms with Crippen molar-refractivity contribution in [2.24, 2.45) is 0 Å². The van der Waals surface area contributed by atoms with Crippen molar-refractivity contribution in [3.05, 3.63) is 24.3 Å². The minimum atomic E-state index is 0.265. The van der Waals surface area contributed by atoms with E-state index in [0.717, 1.165) is 30.8 Å². The van der Waals surface area contributed by atoms with Crippen LogP contribution in [0.25, 0.3) is 0 Å². The van der Waals surface area contributed by atoms with Gasteiger partial charge in [-0.2, -0.15) is 0 Å². The van der Waals surface area contributed by atoms with E-state index in [2.05, 4.69) is 6.92 Å². The molecule has 0 radical (unpaired) electrons. The van der Waals surface area contributed by atoms with Crippen molar-refractivity contribution < 1.29 is 9.47 Å². The van der Waals surface area contributed by atoms with Crippen molar-refractivity contribution in [2.75, 3.05) is 13.2 Å². The van der Waals surface area contributed by atoms with Crippen LogP contribution in [-0.2, 0) is 0 Å². The number of alkyl halides is 1. The van der Waals surface area contributed by atoms with E-state index in [-0.39, 0.29) is 5.38 Å². The van der Waals surface area contributed by atoms with Crippen LogP contribution in [0.1, 0.15) is 33.1 Å². The zero-order valence-corrected chi connectivity index (χ0v) is 11.4. The quantitative estimate of drug-likeness (QED) is 0.511. The fourth-order valence-electron chi connectivity index (χ4n) is 1.54. The third kappa shape index (κ3) is 5.31. The van der Waals surface area contributed by atoms with E-state index in [1.165, 1.54) is 0 Å². The zero-order valence-electron chi connectivity index (χ0n) is 10.6. The van der Waals surface area contributed by atoms with Gasteiger partial charge in [-0.05, 0) is 38.3 Å². The van der Waals surface area contributed by atoms with Gasteiger partial charge in [0.25, 0.3) is 0 Å². The first-order valence-corrected chi connectivity index (χ1v) is 6.70. The third-order valence-corrected chi connectivity index (χ3v) is 3.04. The molecule has 0 bridgehead atoms. The van der Waals surface area contributed by atoms with Crippen LogP contribution >= 0.6 is 11.6 Å². The Kier molecular flexibility index (Phi) is 6.87. The molecule has 0 heterocycles. The number of halogens is 1. The smallest absolute Gasteiger partial charge is 0.161 e. The number of hydrogen-bond donors (Lipinski definition) is 0. The summed E-state index contributed by atoms with van der Waals surface area (Å²) in [6.07, 6.45) is 2.98. The molecule has 0 aliphatic carbocycles. The first kappa shape index (κ1) is 14.2. The molecule has 0 aromatic heterocycles. The van der Waals surface area contributed by atoms with E-state index in [0.29, 0.717) is 13.2 Å². The minimum Gasteiger partial charge on any atom is -0.490 e. The number of ether oxygens (including phenoxy) is 2. The Balaban J connectivity index is 2.35. The van der Waals surface area contributed by atoms with E-state index in [4.69, 9.17) is 21.1 Å². The Morgan fingerprint density at radius 3 is 2.35 bits per heavy atom. The second-order valence-corrected chi connectivity index (χ2v) is 4.49. The Hall–Kier alpha value is -0.890. The Bertz CT molecular complexity index is 315. The van der Waals surface area contributed by atoms with Crippen molar-refractivity contribution >= 4 is 11.6 Å². The summed E-state index contributed by atoms with van der Waals surface area (Å²) < 4.78 is 11.2. The van der Waals surface area contributed by atoms with Gasteiger partial charge in [-0.3, -0.25) is 0 Å². The highest BCUT2D eigenvalue weighted by Gasteiger charge is 2.04. The van der Waals surface area contributed by atoms with Gasteiger partial charge in [-0.25, -0.2) is 0 Å². The molecule has 3 heteroatoms. The van der Waals surface area contributed by atoms with Crippen molar-refractivity contribution in [1.82, 2.24) is 0 Å². The first-order chi connectivity index (χ1) is 8.27. The van der Waals surface area contributed by atoms with Gasteiger partial charge in [-0.1, -0.05) is 19.1 Å². The maximum atomic E-state index is 6.05. The lowest BCUT2D eigenvalue weighted by atomic mass is 10.2. The molecule has 96 valence electrons. The van der Waals surface area contributed by atoms with Crippen molar-refractivity contribution in [3.8, 4) is 11.5 Å². The lowest BCUT2D eigenvalue weighted by molar-refractivity contribution is 0.271. The predicted octanol–water partition coefficient (Wildman–Crippen LogP) is 4.26. The first-order valence-electron chi connectivity index (χ1n) is 6.26. The molecule has 1 atom stereocenters. The van der Waals surface area contributed by atoms with Gasteiger partial charge in [-0.15, -0.1) is 11.6 Å². The number of benzene rings is 1. The van der Waals surface area contributed by atoms with Gasteiger partial charge >= 0.3 is 0 Å². The van der Waals surface area contributed by atoms with Crippen LogP contribution in [0.5, 0.6) is 11.5 Å². The van der Waals surface area contributed by atoms with E-state index in [9.17, 15) is 0 Å². The molecule has 1 aromatic carbocycles. The molecule has 2 nitrogen and oxygen atoms in total. The SMILES string of the molecule is CCOc1ccccc1OCCCC(Cl)CC. The van der Waals surface area contributed by atoms with Crippen LogP contribution in [0, 0.1) is 0 Å². The molecule has 0 aliphatic heterocycles. The standard InChI is InChI=1S/C14H21ClO2/c1-3-12(15)8-7-11-17-14-10-6-5-9-13(14)16-4-2/h5-6,9-10,12H,3-4,7-8,11H2,1-2H3. The lowest BCUT2D eigenvalue weighted by Gasteiger charge is -2.12. The molecule has 0 spiro atoms. The van der Waals surface area contributed by atoms with Gasteiger partial charge in [0.1, 0.15) is 0 Å². The summed E-state index contributed by atoms with van der Waals surface area (Å²) in [6, 6.07) is 7.76. The van der Waals surface area contributed by atoms with E-state index >= 15 is 0 Å². The molecule has 0 saturated carbocycles. The van der Waals surface area contributed by atoms with Gasteiger partial charge in [0.2, 0.25) is 0 Å². The molecular weight excluding hydrogens is 236 g/mol. The van der Waals surface area contributed by atoms with Crippen LogP contribution in [-0.4, -0.2) is 18.6 Å². The topological polar surface area (TPSA) is 18.5 Å². The summed E-state index contributed by atoms with van der Waals surface area (Å²) in [7, 11) is 0. The van der Waals surface area contributed by atoms with Gasteiger partial charge < -0.3 is 9.47 Å². The second-order valence-electron chi connectivity index (χ2n) is 3.88. The third-order valence-electron chi connectivity index (χ3n) is 2.51. The summed E-state index contributed by atoms with van der Waals surface area (Å²) in [5, 5.41) is 0.265. The molecule has 1 unspecified atom stereocenters. The molecular formula is C14H21ClO2. The number of para-hydroxylation sites is 2. The molecule has 0 amide bonds. The average Bonchev–Trinajstić information content (AvgIpc) is 2.36. The number of hydrogen-bond acceptors (Lipinski definition) is 2. The van der Waals surface area contributed by atoms with Crippen LogP contribution in [0.2, 0.25) is 0 Å². The summed E-state index contributed by atoms with van der Waals surface area (Å²) in [5.41, 5.74) is 0. The van der Waals surface area contributed by atoms with Crippen molar-refractivity contribution in [1.29, 1.82) is 0 Å². The molecule has 0 N–H and O–H groups in total. The fraction of sp³-hybridized carbons (Fsp3) is 0.571. The molecule has 17 heavy (non-hydrogen) atoms. The number of rotatable bonds is 8. The predicted molar refractivity (Wildman–Crippen MR) is 72.3 cm³/mol. The maximum Gasteiger partial charge on any atom is 0.161 e. The molecule has 0 saturated heterocycles. The van der Waals surface area contributed by atoms with Crippen molar-refractivity contribution in [2.45, 2.75) is 38.5 Å². The van der Waals surface area contributed by atoms with Crippen LogP contribution in [0.15, 0.2) is 24.3 Å². The average molecular weight is 257 g/mol. The van der Waals surface area contributed by atoms with E-state index in [1.54, 1.807) is 0 Å². The molecule has 1 aromatic rings. The van der Waals surface area contributed by atoms with Gasteiger partial charge in [0.15, 0.2) is 11.5 Å². The van der Waals surface area contributed by atoms with Gasteiger partial charge in [0.05, 0.1) is 13.2 Å². The Morgan fingerprint density at radius 2 is 1.76 bits per heavy atom. The van der Waals surface area contributed by atoms with E-state index < -0.39 is 0 Å². The van der Waals surface area contributed by atoms with Gasteiger partial charge in [0, 0.05) is 5.38 Å². The lowest BCUT2D eigenvalue weighted by Crippen LogP contribution is -2.04. The second kappa shape index (κ2) is 8.24.